The molecule has 6 heteroatoms. The molecule has 19 heavy (non-hydrogen) atoms. The van der Waals surface area contributed by atoms with E-state index >= 15 is 0 Å². The highest BCUT2D eigenvalue weighted by atomic mass is 35.5. The molecule has 0 bridgehead atoms. The zero-order valence-corrected chi connectivity index (χ0v) is 13.0. The molecule has 0 N–H and O–H groups in total. The van der Waals surface area contributed by atoms with Crippen LogP contribution < -0.4 is 0 Å². The van der Waals surface area contributed by atoms with Gasteiger partial charge in [0.15, 0.2) is 0 Å². The third kappa shape index (κ3) is 3.01. The number of carbonyl (C=O) groups is 1. The predicted molar refractivity (Wildman–Crippen MR) is 82.1 cm³/mol. The van der Waals surface area contributed by atoms with Crippen LogP contribution in [-0.4, -0.2) is 5.24 Å². The average Bonchev–Trinajstić information content (AvgIpc) is 2.36. The Hall–Kier alpha value is -0.440. The summed E-state index contributed by atoms with van der Waals surface area (Å²) in [6.45, 7) is 0. The van der Waals surface area contributed by atoms with Gasteiger partial charge in [0.05, 0.1) is 20.6 Å². The molecule has 98 valence electrons. The van der Waals surface area contributed by atoms with Crippen LogP contribution in [0.4, 0.5) is 0 Å². The van der Waals surface area contributed by atoms with Crippen LogP contribution in [0.5, 0.6) is 0 Å². The molecule has 0 heterocycles. The van der Waals surface area contributed by atoms with Crippen LogP contribution in [0.25, 0.3) is 11.1 Å². The van der Waals surface area contributed by atoms with Gasteiger partial charge in [-0.25, -0.2) is 0 Å². The van der Waals surface area contributed by atoms with Crippen LogP contribution in [0.3, 0.4) is 0 Å². The van der Waals surface area contributed by atoms with E-state index in [2.05, 4.69) is 0 Å². The second-order valence-electron chi connectivity index (χ2n) is 3.69. The van der Waals surface area contributed by atoms with E-state index in [4.69, 9.17) is 58.0 Å². The Bertz CT molecular complexity index is 666. The van der Waals surface area contributed by atoms with E-state index in [9.17, 15) is 4.79 Å². The lowest BCUT2D eigenvalue weighted by molar-refractivity contribution is 0.108. The molecule has 0 spiro atoms. The summed E-state index contributed by atoms with van der Waals surface area (Å²) in [5.41, 5.74) is 1.34. The van der Waals surface area contributed by atoms with Gasteiger partial charge in [-0.05, 0) is 41.4 Å². The molecule has 0 aliphatic heterocycles. The molecular formula is C13H5Cl5O. The zero-order chi connectivity index (χ0) is 14.2. The number of rotatable bonds is 2. The van der Waals surface area contributed by atoms with Crippen molar-refractivity contribution in [2.75, 3.05) is 0 Å². The van der Waals surface area contributed by atoms with E-state index in [1.807, 2.05) is 0 Å². The molecule has 0 saturated heterocycles. The average molecular weight is 354 g/mol. The standard InChI is InChI=1S/C13H5Cl5O/c14-8-2-1-6(5-7(8)13(18)19)11-9(15)3-4-10(16)12(11)17/h1-5H. The summed E-state index contributed by atoms with van der Waals surface area (Å²) in [5, 5.41) is 0.711. The van der Waals surface area contributed by atoms with Gasteiger partial charge in [0.1, 0.15) is 0 Å². The van der Waals surface area contributed by atoms with Crippen molar-refractivity contribution in [2.24, 2.45) is 0 Å². The maximum absolute atomic E-state index is 11.3. The van der Waals surface area contributed by atoms with Crippen LogP contribution in [-0.2, 0) is 0 Å². The van der Waals surface area contributed by atoms with Crippen molar-refractivity contribution in [3.8, 4) is 11.1 Å². The van der Waals surface area contributed by atoms with Crippen molar-refractivity contribution < 1.29 is 4.79 Å². The highest BCUT2D eigenvalue weighted by molar-refractivity contribution is 6.68. The summed E-state index contributed by atoms with van der Waals surface area (Å²) < 4.78 is 0. The van der Waals surface area contributed by atoms with E-state index in [-0.39, 0.29) is 10.6 Å². The largest absolute Gasteiger partial charge is 0.276 e. The van der Waals surface area contributed by atoms with Crippen LogP contribution >= 0.6 is 58.0 Å². The van der Waals surface area contributed by atoms with Crippen molar-refractivity contribution in [3.63, 3.8) is 0 Å². The van der Waals surface area contributed by atoms with E-state index in [1.54, 1.807) is 24.3 Å². The lowest BCUT2D eigenvalue weighted by atomic mass is 10.0. The molecule has 0 fully saturated rings. The summed E-state index contributed by atoms with van der Waals surface area (Å²) >= 11 is 29.6. The van der Waals surface area contributed by atoms with Gasteiger partial charge >= 0.3 is 0 Å². The molecule has 0 radical (unpaired) electrons. The minimum Gasteiger partial charge on any atom is -0.276 e. The molecule has 1 nitrogen and oxygen atoms in total. The molecule has 2 aromatic rings. The van der Waals surface area contributed by atoms with Crippen molar-refractivity contribution in [1.29, 1.82) is 0 Å². The maximum Gasteiger partial charge on any atom is 0.253 e. The first-order chi connectivity index (χ1) is 8.91. The number of carbonyl (C=O) groups excluding carboxylic acids is 1. The highest BCUT2D eigenvalue weighted by Gasteiger charge is 2.15. The Morgan fingerprint density at radius 3 is 2.05 bits per heavy atom. The van der Waals surface area contributed by atoms with Crippen molar-refractivity contribution in [1.82, 2.24) is 0 Å². The topological polar surface area (TPSA) is 17.1 Å². The molecule has 2 aromatic carbocycles. The fourth-order valence-corrected chi connectivity index (χ4v) is 2.78. The van der Waals surface area contributed by atoms with Crippen molar-refractivity contribution >= 4 is 63.2 Å². The van der Waals surface area contributed by atoms with Gasteiger partial charge in [0.2, 0.25) is 0 Å². The highest BCUT2D eigenvalue weighted by Crippen LogP contribution is 2.40. The van der Waals surface area contributed by atoms with Crippen molar-refractivity contribution in [2.45, 2.75) is 0 Å². The third-order valence-corrected chi connectivity index (χ3v) is 4.16. The smallest absolute Gasteiger partial charge is 0.253 e. The first-order valence-electron chi connectivity index (χ1n) is 5.05. The summed E-state index contributed by atoms with van der Waals surface area (Å²) in [6.07, 6.45) is 0. The minimum absolute atomic E-state index is 0.188. The molecule has 0 unspecified atom stereocenters. The van der Waals surface area contributed by atoms with Gasteiger partial charge in [0.25, 0.3) is 5.24 Å². The number of benzene rings is 2. The summed E-state index contributed by atoms with van der Waals surface area (Å²) in [4.78, 5) is 11.3. The molecule has 0 aliphatic carbocycles. The zero-order valence-electron chi connectivity index (χ0n) is 9.18. The molecule has 0 atom stereocenters. The van der Waals surface area contributed by atoms with Crippen LogP contribution in [0.15, 0.2) is 30.3 Å². The van der Waals surface area contributed by atoms with Crippen LogP contribution in [0, 0.1) is 0 Å². The second-order valence-corrected chi connectivity index (χ2v) is 5.63. The van der Waals surface area contributed by atoms with Gasteiger partial charge < -0.3 is 0 Å². The quantitative estimate of drug-likeness (QED) is 0.454. The lowest BCUT2D eigenvalue weighted by Crippen LogP contribution is -1.92. The van der Waals surface area contributed by atoms with E-state index in [0.29, 0.717) is 26.2 Å². The van der Waals surface area contributed by atoms with E-state index in [1.165, 1.54) is 6.07 Å². The van der Waals surface area contributed by atoms with E-state index < -0.39 is 5.24 Å². The number of hydrogen-bond acceptors (Lipinski definition) is 1. The molecule has 2 rings (SSSR count). The van der Waals surface area contributed by atoms with Crippen LogP contribution in [0.1, 0.15) is 10.4 Å². The molecule has 0 saturated carbocycles. The first kappa shape index (κ1) is 15.0. The van der Waals surface area contributed by atoms with Gasteiger partial charge in [-0.2, -0.15) is 0 Å². The molecular weight excluding hydrogens is 349 g/mol. The van der Waals surface area contributed by atoms with Crippen LogP contribution in [0.2, 0.25) is 20.1 Å². The van der Waals surface area contributed by atoms with Gasteiger partial charge in [0, 0.05) is 10.6 Å². The fraction of sp³-hybridized carbons (Fsp3) is 0. The molecule has 0 aliphatic rings. The second kappa shape index (κ2) is 5.90. The molecule has 0 aromatic heterocycles. The first-order valence-corrected chi connectivity index (χ1v) is 6.94. The minimum atomic E-state index is -0.652. The van der Waals surface area contributed by atoms with Crippen molar-refractivity contribution in [3.05, 3.63) is 56.0 Å². The Balaban J connectivity index is 2.70. The normalized spacial score (nSPS) is 10.6. The van der Waals surface area contributed by atoms with Gasteiger partial charge in [-0.3, -0.25) is 4.79 Å². The maximum atomic E-state index is 11.3. The van der Waals surface area contributed by atoms with E-state index in [0.717, 1.165) is 0 Å². The SMILES string of the molecule is O=C(Cl)c1cc(-c2c(Cl)ccc(Cl)c2Cl)ccc1Cl. The van der Waals surface area contributed by atoms with Gasteiger partial charge in [-0.15, -0.1) is 0 Å². The summed E-state index contributed by atoms with van der Waals surface area (Å²) in [5.74, 6) is 0. The Kier molecular flexibility index (Phi) is 4.65. The Morgan fingerprint density at radius 1 is 0.842 bits per heavy atom. The van der Waals surface area contributed by atoms with Gasteiger partial charge in [-0.1, -0.05) is 52.5 Å². The Morgan fingerprint density at radius 2 is 1.42 bits per heavy atom. The third-order valence-electron chi connectivity index (χ3n) is 2.51. The number of hydrogen-bond donors (Lipinski definition) is 0. The summed E-state index contributed by atoms with van der Waals surface area (Å²) in [7, 11) is 0. The monoisotopic (exact) mass is 352 g/mol. The Labute approximate surface area is 135 Å². The number of halogens is 5. The lowest BCUT2D eigenvalue weighted by Gasteiger charge is -2.10. The summed E-state index contributed by atoms with van der Waals surface area (Å²) in [6, 6.07) is 8.00. The predicted octanol–water partition coefficient (Wildman–Crippen LogP) is 6.35. The fourth-order valence-electron chi connectivity index (χ4n) is 1.62. The molecule has 0 amide bonds.